The molecule has 3 rings (SSSR count). The number of rotatable bonds is 1. The highest BCUT2D eigenvalue weighted by Crippen LogP contribution is 2.42. The molecule has 1 aliphatic rings. The Morgan fingerprint density at radius 1 is 1.00 bits per heavy atom. The molecule has 2 aromatic carbocycles. The second-order valence-corrected chi connectivity index (χ2v) is 4.71. The Labute approximate surface area is 122 Å². The van der Waals surface area contributed by atoms with Crippen molar-refractivity contribution in [3.05, 3.63) is 41.5 Å². The number of aliphatic hydroxyl groups excluding tert-OH is 1. The molecule has 0 unspecified atom stereocenters. The van der Waals surface area contributed by atoms with Gasteiger partial charge in [0.05, 0.1) is 6.10 Å². The maximum atomic E-state index is 10.3. The number of aromatic hydroxyl groups is 4. The molecule has 0 spiro atoms. The van der Waals surface area contributed by atoms with E-state index in [0.717, 1.165) is 18.2 Å². The SMILES string of the molecule is [2H][13C]1([2H])c2c(O)cc(O)cc2O[13C@H](c2ccc(O)c(O)c2)[C@@H]1O. The largest absolute Gasteiger partial charge is 0.508 e. The van der Waals surface area contributed by atoms with Gasteiger partial charge in [-0.3, -0.25) is 0 Å². The summed E-state index contributed by atoms with van der Waals surface area (Å²) in [6, 6.07) is 5.79. The zero-order valence-corrected chi connectivity index (χ0v) is 10.7. The quantitative estimate of drug-likeness (QED) is 0.403. The molecule has 21 heavy (non-hydrogen) atoms. The summed E-state index contributed by atoms with van der Waals surface area (Å²) in [5.74, 6) is -1.77. The first-order valence-corrected chi connectivity index (χ1v) is 6.15. The molecular formula is C15H14O6. The molecule has 0 saturated carbocycles. The fourth-order valence-electron chi connectivity index (χ4n) is 2.22. The van der Waals surface area contributed by atoms with Crippen LogP contribution in [0.15, 0.2) is 30.3 Å². The molecule has 110 valence electrons. The van der Waals surface area contributed by atoms with Crippen LogP contribution < -0.4 is 4.74 Å². The average Bonchev–Trinajstić information content (AvgIpc) is 2.45. The Hall–Kier alpha value is -2.60. The van der Waals surface area contributed by atoms with E-state index in [2.05, 4.69) is 0 Å². The minimum Gasteiger partial charge on any atom is -0.508 e. The van der Waals surface area contributed by atoms with E-state index in [4.69, 9.17) is 7.48 Å². The van der Waals surface area contributed by atoms with Gasteiger partial charge in [0.2, 0.25) is 0 Å². The molecule has 2 aromatic rings. The smallest absolute Gasteiger partial charge is 0.157 e. The van der Waals surface area contributed by atoms with E-state index in [1.165, 1.54) is 12.1 Å². The molecule has 1 heterocycles. The van der Waals surface area contributed by atoms with Crippen LogP contribution in [0.4, 0.5) is 0 Å². The molecule has 0 aromatic heterocycles. The second kappa shape index (κ2) is 4.75. The predicted molar refractivity (Wildman–Crippen MR) is 72.6 cm³/mol. The van der Waals surface area contributed by atoms with Crippen LogP contribution in [-0.4, -0.2) is 31.6 Å². The summed E-state index contributed by atoms with van der Waals surface area (Å²) in [6.45, 7) is 0. The van der Waals surface area contributed by atoms with Crippen LogP contribution in [0.1, 0.15) is 20.0 Å². The number of phenolic OH excluding ortho intramolecular Hbond substituents is 4. The van der Waals surface area contributed by atoms with E-state index in [1.807, 2.05) is 0 Å². The summed E-state index contributed by atoms with van der Waals surface area (Å²) in [7, 11) is 0. The monoisotopic (exact) mass is 294 g/mol. The van der Waals surface area contributed by atoms with E-state index in [9.17, 15) is 25.5 Å². The lowest BCUT2D eigenvalue weighted by Gasteiger charge is -2.31. The summed E-state index contributed by atoms with van der Waals surface area (Å²) in [5, 5.41) is 48.7. The molecule has 2 atom stereocenters. The van der Waals surface area contributed by atoms with Crippen molar-refractivity contribution in [2.45, 2.75) is 18.6 Å². The summed E-state index contributed by atoms with van der Waals surface area (Å²) >= 11 is 0. The summed E-state index contributed by atoms with van der Waals surface area (Å²) in [6.07, 6.45) is -5.25. The van der Waals surface area contributed by atoms with Crippen molar-refractivity contribution in [1.82, 2.24) is 0 Å². The zero-order chi connectivity index (χ0) is 16.9. The highest BCUT2D eigenvalue weighted by molar-refractivity contribution is 5.52. The summed E-state index contributed by atoms with van der Waals surface area (Å²) in [5.41, 5.74) is -0.0350. The lowest BCUT2D eigenvalue weighted by atomic mass is 10.1. The van der Waals surface area contributed by atoms with Gasteiger partial charge in [0.25, 0.3) is 0 Å². The number of benzene rings is 2. The first-order chi connectivity index (χ1) is 10.7. The molecule has 0 saturated heterocycles. The Morgan fingerprint density at radius 3 is 2.48 bits per heavy atom. The van der Waals surface area contributed by atoms with Gasteiger partial charge in [-0.05, 0) is 17.7 Å². The highest BCUT2D eigenvalue weighted by atomic mass is 16.6. The third-order valence-electron chi connectivity index (χ3n) is 3.23. The van der Waals surface area contributed by atoms with Gasteiger partial charge in [-0.25, -0.2) is 0 Å². The Morgan fingerprint density at radius 2 is 1.76 bits per heavy atom. The maximum Gasteiger partial charge on any atom is 0.157 e. The van der Waals surface area contributed by atoms with E-state index in [0.29, 0.717) is 0 Å². The van der Waals surface area contributed by atoms with Crippen LogP contribution in [0.5, 0.6) is 28.7 Å². The van der Waals surface area contributed by atoms with Gasteiger partial charge in [-0.15, -0.1) is 0 Å². The minimum atomic E-state index is -2.36. The van der Waals surface area contributed by atoms with Crippen molar-refractivity contribution in [3.8, 4) is 28.7 Å². The first kappa shape index (κ1) is 11.1. The number of phenols is 4. The van der Waals surface area contributed by atoms with Gasteiger partial charge in [-0.1, -0.05) is 6.07 Å². The Balaban J connectivity index is 2.13. The van der Waals surface area contributed by atoms with Crippen molar-refractivity contribution in [2.75, 3.05) is 0 Å². The molecule has 5 N–H and O–H groups in total. The molecule has 0 bridgehead atoms. The third kappa shape index (κ3) is 2.30. The third-order valence-corrected chi connectivity index (χ3v) is 3.23. The molecule has 0 radical (unpaired) electrons. The van der Waals surface area contributed by atoms with Gasteiger partial charge < -0.3 is 30.3 Å². The van der Waals surface area contributed by atoms with Crippen molar-refractivity contribution in [1.29, 1.82) is 0 Å². The van der Waals surface area contributed by atoms with Crippen molar-refractivity contribution in [3.63, 3.8) is 0 Å². The van der Waals surface area contributed by atoms with Crippen LogP contribution in [0.2, 0.25) is 0 Å². The summed E-state index contributed by atoms with van der Waals surface area (Å²) in [4.78, 5) is 0. The van der Waals surface area contributed by atoms with Crippen molar-refractivity contribution in [2.24, 2.45) is 0 Å². The zero-order valence-electron chi connectivity index (χ0n) is 12.7. The second-order valence-electron chi connectivity index (χ2n) is 4.71. The first-order valence-electron chi connectivity index (χ1n) is 7.15. The van der Waals surface area contributed by atoms with E-state index in [-0.39, 0.29) is 28.4 Å². The average molecular weight is 294 g/mol. The number of hydrogen-bond donors (Lipinski definition) is 5. The fourth-order valence-corrected chi connectivity index (χ4v) is 2.22. The number of ether oxygens (including phenoxy) is 1. The van der Waals surface area contributed by atoms with Crippen LogP contribution in [0, 0.1) is 0 Å². The molecule has 0 amide bonds. The lowest BCUT2D eigenvalue weighted by molar-refractivity contribution is 0.0197. The van der Waals surface area contributed by atoms with E-state index >= 15 is 0 Å². The van der Waals surface area contributed by atoms with E-state index in [1.54, 1.807) is 0 Å². The predicted octanol–water partition coefficient (Wildman–Crippen LogP) is 1.55. The van der Waals surface area contributed by atoms with Crippen molar-refractivity contribution >= 4 is 0 Å². The maximum absolute atomic E-state index is 10.3. The Kier molecular flexibility index (Phi) is 2.51. The minimum absolute atomic E-state index is 0.115. The molecule has 6 heteroatoms. The molecule has 1 aliphatic heterocycles. The van der Waals surface area contributed by atoms with Crippen LogP contribution >= 0.6 is 0 Å². The normalized spacial score (nSPS) is 24.4. The van der Waals surface area contributed by atoms with Gasteiger partial charge in [0.15, 0.2) is 11.5 Å². The number of fused-ring (bicyclic) bond motifs is 1. The fraction of sp³-hybridized carbons (Fsp3) is 0.200. The van der Waals surface area contributed by atoms with Gasteiger partial charge in [-0.2, -0.15) is 0 Å². The number of hydrogen-bond acceptors (Lipinski definition) is 6. The topological polar surface area (TPSA) is 110 Å². The standard InChI is InChI=1S/C15H14O6/c16-8-4-11(18)9-6-13(20)15(21-14(9)5-8)7-1-2-10(17)12(19)3-7/h1-5,13,15-20H,6H2/t13-,15-/m1/s1/i6+1D2,15+1. The molecule has 0 fully saturated rings. The molecular weight excluding hydrogens is 278 g/mol. The van der Waals surface area contributed by atoms with Crippen LogP contribution in [-0.2, 0) is 6.37 Å². The lowest BCUT2D eigenvalue weighted by Crippen LogP contribution is -2.30. The van der Waals surface area contributed by atoms with Crippen LogP contribution in [0.25, 0.3) is 0 Å². The highest BCUT2D eigenvalue weighted by Gasteiger charge is 2.32. The van der Waals surface area contributed by atoms with Gasteiger partial charge in [0.1, 0.15) is 23.4 Å². The van der Waals surface area contributed by atoms with Gasteiger partial charge >= 0.3 is 0 Å². The number of aliphatic hydroxyl groups is 1. The van der Waals surface area contributed by atoms with Crippen molar-refractivity contribution < 1.29 is 33.0 Å². The Bertz CT molecular complexity index is 777. The van der Waals surface area contributed by atoms with Crippen LogP contribution in [0.3, 0.4) is 0 Å². The summed E-state index contributed by atoms with van der Waals surface area (Å²) < 4.78 is 21.7. The molecule has 6 nitrogen and oxygen atoms in total. The van der Waals surface area contributed by atoms with E-state index < -0.39 is 30.1 Å². The molecule has 0 aliphatic carbocycles. The van der Waals surface area contributed by atoms with Gasteiger partial charge in [0, 0.05) is 26.8 Å².